The van der Waals surface area contributed by atoms with Crippen molar-refractivity contribution in [1.82, 2.24) is 0 Å². The highest BCUT2D eigenvalue weighted by molar-refractivity contribution is 6.23. The quantitative estimate of drug-likeness (QED) is 0.154. The first-order valence-electron chi connectivity index (χ1n) is 20.3. The number of benzene rings is 10. The fourth-order valence-electron chi connectivity index (χ4n) is 9.85. The van der Waals surface area contributed by atoms with Crippen molar-refractivity contribution in [3.05, 3.63) is 223 Å². The van der Waals surface area contributed by atoms with Gasteiger partial charge in [0.15, 0.2) is 0 Å². The molecular weight excluding hydrogens is 699 g/mol. The van der Waals surface area contributed by atoms with E-state index in [9.17, 15) is 0 Å². The summed E-state index contributed by atoms with van der Waals surface area (Å²) in [6.45, 7) is 4.80. The maximum atomic E-state index is 2.62. The lowest BCUT2D eigenvalue weighted by Crippen LogP contribution is -2.21. The summed E-state index contributed by atoms with van der Waals surface area (Å²) in [4.78, 5) is 2.62. The molecule has 0 saturated carbocycles. The highest BCUT2D eigenvalue weighted by atomic mass is 15.2. The third-order valence-corrected chi connectivity index (χ3v) is 12.4. The summed E-state index contributed by atoms with van der Waals surface area (Å²) in [7, 11) is 0. The van der Waals surface area contributed by atoms with Crippen LogP contribution in [0.25, 0.3) is 76.8 Å². The van der Waals surface area contributed by atoms with Crippen LogP contribution in [-0.2, 0) is 5.41 Å². The van der Waals surface area contributed by atoms with Gasteiger partial charge in [-0.1, -0.05) is 214 Å². The van der Waals surface area contributed by atoms with Gasteiger partial charge in [-0.15, -0.1) is 0 Å². The Morgan fingerprint density at radius 3 is 1.52 bits per heavy atom. The molecule has 0 saturated heterocycles. The van der Waals surface area contributed by atoms with Crippen LogP contribution in [0.15, 0.2) is 212 Å². The molecule has 1 nitrogen and oxygen atoms in total. The van der Waals surface area contributed by atoms with Gasteiger partial charge in [0, 0.05) is 21.8 Å². The van der Waals surface area contributed by atoms with Crippen molar-refractivity contribution in [2.24, 2.45) is 0 Å². The standard InChI is InChI=1S/C57H41N/c1-57(2)50-30-16-15-24-44(50)47-29-17-31-52(55(47)57)58(51-37-36-40-20-9-10-23-43(40)54(51)41-21-7-4-8-22-41)56-48-27-13-11-25-45(48)53(46-26-12-14-28-49(46)56)42-34-32-39(33-35-42)38-18-5-3-6-19-38/h3-37H,1-2H3. The normalized spacial score (nSPS) is 12.8. The summed E-state index contributed by atoms with van der Waals surface area (Å²) >= 11 is 0. The minimum absolute atomic E-state index is 0.240. The lowest BCUT2D eigenvalue weighted by atomic mass is 9.81. The van der Waals surface area contributed by atoms with Crippen molar-refractivity contribution in [2.45, 2.75) is 19.3 Å². The van der Waals surface area contributed by atoms with Crippen molar-refractivity contribution in [2.75, 3.05) is 4.90 Å². The largest absolute Gasteiger partial charge is 0.308 e. The van der Waals surface area contributed by atoms with Crippen LogP contribution in [0, 0.1) is 0 Å². The van der Waals surface area contributed by atoms with E-state index >= 15 is 0 Å². The van der Waals surface area contributed by atoms with E-state index in [2.05, 4.69) is 231 Å². The van der Waals surface area contributed by atoms with Gasteiger partial charge >= 0.3 is 0 Å². The van der Waals surface area contributed by atoms with E-state index in [1.807, 2.05) is 0 Å². The van der Waals surface area contributed by atoms with Gasteiger partial charge in [-0.2, -0.15) is 0 Å². The van der Waals surface area contributed by atoms with Gasteiger partial charge in [0.05, 0.1) is 17.1 Å². The Hall–Kier alpha value is -7.22. The Labute approximate surface area is 340 Å². The molecule has 0 aliphatic heterocycles. The maximum Gasteiger partial charge on any atom is 0.0619 e. The second-order valence-corrected chi connectivity index (χ2v) is 16.0. The molecule has 0 heterocycles. The predicted molar refractivity (Wildman–Crippen MR) is 248 cm³/mol. The smallest absolute Gasteiger partial charge is 0.0619 e. The molecule has 10 aromatic rings. The number of anilines is 3. The molecular formula is C57H41N. The van der Waals surface area contributed by atoms with Gasteiger partial charge in [0.2, 0.25) is 0 Å². The summed E-state index contributed by atoms with van der Waals surface area (Å²) in [6, 6.07) is 78.2. The summed E-state index contributed by atoms with van der Waals surface area (Å²) in [5.74, 6) is 0. The molecule has 1 aliphatic carbocycles. The monoisotopic (exact) mass is 739 g/mol. The van der Waals surface area contributed by atoms with Crippen LogP contribution in [-0.4, -0.2) is 0 Å². The lowest BCUT2D eigenvalue weighted by Gasteiger charge is -2.35. The van der Waals surface area contributed by atoms with Gasteiger partial charge in [-0.05, 0) is 83.7 Å². The van der Waals surface area contributed by atoms with Crippen LogP contribution in [0.3, 0.4) is 0 Å². The Morgan fingerprint density at radius 1 is 0.328 bits per heavy atom. The number of rotatable bonds is 6. The molecule has 58 heavy (non-hydrogen) atoms. The third-order valence-electron chi connectivity index (χ3n) is 12.4. The number of hydrogen-bond acceptors (Lipinski definition) is 1. The minimum atomic E-state index is -0.240. The second-order valence-electron chi connectivity index (χ2n) is 16.0. The van der Waals surface area contributed by atoms with Crippen molar-refractivity contribution in [1.29, 1.82) is 0 Å². The third kappa shape index (κ3) is 5.24. The van der Waals surface area contributed by atoms with E-state index in [4.69, 9.17) is 0 Å². The average molecular weight is 740 g/mol. The summed E-state index contributed by atoms with van der Waals surface area (Å²) in [5, 5.41) is 7.33. The van der Waals surface area contributed by atoms with Crippen molar-refractivity contribution < 1.29 is 0 Å². The van der Waals surface area contributed by atoms with Crippen LogP contribution in [0.5, 0.6) is 0 Å². The van der Waals surface area contributed by atoms with Crippen molar-refractivity contribution in [3.8, 4) is 44.5 Å². The van der Waals surface area contributed by atoms with Gasteiger partial charge in [0.1, 0.15) is 0 Å². The van der Waals surface area contributed by atoms with Gasteiger partial charge < -0.3 is 4.90 Å². The second kappa shape index (κ2) is 13.5. The summed E-state index contributed by atoms with van der Waals surface area (Å²) < 4.78 is 0. The van der Waals surface area contributed by atoms with E-state index < -0.39 is 0 Å². The first kappa shape index (κ1) is 34.1. The van der Waals surface area contributed by atoms with Crippen molar-refractivity contribution in [3.63, 3.8) is 0 Å². The zero-order valence-corrected chi connectivity index (χ0v) is 32.7. The fraction of sp³-hybridized carbons (Fsp3) is 0.0526. The first-order valence-corrected chi connectivity index (χ1v) is 20.3. The molecule has 0 unspecified atom stereocenters. The van der Waals surface area contributed by atoms with Crippen LogP contribution in [0.1, 0.15) is 25.0 Å². The van der Waals surface area contributed by atoms with E-state index in [1.165, 1.54) is 99.3 Å². The van der Waals surface area contributed by atoms with Crippen molar-refractivity contribution >= 4 is 49.4 Å². The molecule has 11 rings (SSSR count). The zero-order valence-electron chi connectivity index (χ0n) is 32.7. The van der Waals surface area contributed by atoms with E-state index in [0.29, 0.717) is 0 Å². The molecule has 274 valence electrons. The minimum Gasteiger partial charge on any atom is -0.308 e. The van der Waals surface area contributed by atoms with Crippen LogP contribution < -0.4 is 4.90 Å². The molecule has 10 aromatic carbocycles. The molecule has 0 radical (unpaired) electrons. The fourth-order valence-corrected chi connectivity index (χ4v) is 9.85. The van der Waals surface area contributed by atoms with Crippen LogP contribution >= 0.6 is 0 Å². The highest BCUT2D eigenvalue weighted by Gasteiger charge is 2.39. The molecule has 0 atom stereocenters. The summed E-state index contributed by atoms with van der Waals surface area (Å²) in [5.41, 5.74) is 15.9. The van der Waals surface area contributed by atoms with Gasteiger partial charge in [-0.3, -0.25) is 0 Å². The lowest BCUT2D eigenvalue weighted by molar-refractivity contribution is 0.661. The van der Waals surface area contributed by atoms with Crippen LogP contribution in [0.2, 0.25) is 0 Å². The van der Waals surface area contributed by atoms with Crippen LogP contribution in [0.4, 0.5) is 17.1 Å². The molecule has 0 spiro atoms. The number of hydrogen-bond donors (Lipinski definition) is 0. The molecule has 1 aliphatic rings. The molecule has 0 amide bonds. The molecule has 0 N–H and O–H groups in total. The number of nitrogens with zero attached hydrogens (tertiary/aromatic N) is 1. The average Bonchev–Trinajstić information content (AvgIpc) is 3.53. The summed E-state index contributed by atoms with van der Waals surface area (Å²) in [6.07, 6.45) is 0. The Bertz CT molecular complexity index is 3120. The topological polar surface area (TPSA) is 3.24 Å². The highest BCUT2D eigenvalue weighted by Crippen LogP contribution is 2.57. The predicted octanol–water partition coefficient (Wildman–Crippen LogP) is 15.9. The Balaban J connectivity index is 1.27. The maximum absolute atomic E-state index is 2.62. The molecule has 0 bridgehead atoms. The molecule has 0 fully saturated rings. The zero-order chi connectivity index (χ0) is 38.8. The first-order chi connectivity index (χ1) is 28.6. The Kier molecular flexibility index (Phi) is 7.91. The van der Waals surface area contributed by atoms with Gasteiger partial charge in [-0.25, -0.2) is 0 Å². The SMILES string of the molecule is CC1(C)c2ccccc2-c2cccc(N(c3ccc4ccccc4c3-c3ccccc3)c3c4ccccc4c(-c4ccc(-c5ccccc5)cc4)c4ccccc34)c21. The number of fused-ring (bicyclic) bond motifs is 6. The molecule has 1 heteroatoms. The molecule has 0 aromatic heterocycles. The Morgan fingerprint density at radius 2 is 0.828 bits per heavy atom. The van der Waals surface area contributed by atoms with Gasteiger partial charge in [0.25, 0.3) is 0 Å². The van der Waals surface area contributed by atoms with E-state index in [1.54, 1.807) is 0 Å². The van der Waals surface area contributed by atoms with E-state index in [0.717, 1.165) is 5.69 Å². The van der Waals surface area contributed by atoms with E-state index in [-0.39, 0.29) is 5.41 Å².